The Labute approximate surface area is 198 Å². The van der Waals surface area contributed by atoms with Crippen LogP contribution in [0, 0.1) is 37.1 Å². The van der Waals surface area contributed by atoms with Gasteiger partial charge in [0.25, 0.3) is 5.91 Å². The Morgan fingerprint density at radius 3 is 2.40 bits per heavy atom. The van der Waals surface area contributed by atoms with Crippen molar-refractivity contribution in [3.8, 4) is 5.88 Å². The number of aryl methyl sites for hydroxylation is 2. The van der Waals surface area contributed by atoms with Crippen molar-refractivity contribution in [3.63, 3.8) is 0 Å². The minimum Gasteiger partial charge on any atom is -0.473 e. The fraction of sp³-hybridized carbons (Fsp3) is 0.200. The summed E-state index contributed by atoms with van der Waals surface area (Å²) in [6.07, 6.45) is 0. The predicted octanol–water partition coefficient (Wildman–Crippen LogP) is 4.52. The molecule has 0 aliphatic rings. The highest BCUT2D eigenvalue weighted by Crippen LogP contribution is 2.26. The first-order chi connectivity index (χ1) is 16.7. The summed E-state index contributed by atoms with van der Waals surface area (Å²) < 4.78 is 62.1. The van der Waals surface area contributed by atoms with Crippen LogP contribution in [0.3, 0.4) is 0 Å². The van der Waals surface area contributed by atoms with Crippen LogP contribution in [0.15, 0.2) is 48.5 Å². The lowest BCUT2D eigenvalue weighted by molar-refractivity contribution is 0.0938. The maximum absolute atomic E-state index is 14.0. The number of aromatic nitrogens is 2. The van der Waals surface area contributed by atoms with Crippen molar-refractivity contribution in [2.75, 3.05) is 6.54 Å². The van der Waals surface area contributed by atoms with E-state index in [1.165, 1.54) is 16.6 Å². The number of fused-ring (bicyclic) bond motifs is 1. The van der Waals surface area contributed by atoms with Gasteiger partial charge in [0.2, 0.25) is 5.88 Å². The highest BCUT2D eigenvalue weighted by Gasteiger charge is 2.23. The first-order valence-electron chi connectivity index (χ1n) is 10.7. The van der Waals surface area contributed by atoms with E-state index in [9.17, 15) is 22.4 Å². The molecule has 0 saturated carbocycles. The van der Waals surface area contributed by atoms with Crippen molar-refractivity contribution in [1.82, 2.24) is 14.9 Å². The Hall–Kier alpha value is -3.92. The summed E-state index contributed by atoms with van der Waals surface area (Å²) in [5, 5.41) is 7.10. The Kier molecular flexibility index (Phi) is 6.74. The number of hydrogen-bond acceptors (Lipinski definition) is 4. The molecule has 0 spiro atoms. The Morgan fingerprint density at radius 1 is 1.03 bits per heavy atom. The summed E-state index contributed by atoms with van der Waals surface area (Å²) >= 11 is 0. The molecule has 4 rings (SSSR count). The molecule has 6 nitrogen and oxygen atoms in total. The number of rotatable bonds is 7. The highest BCUT2D eigenvalue weighted by atomic mass is 19.2. The van der Waals surface area contributed by atoms with Crippen molar-refractivity contribution in [2.45, 2.75) is 26.5 Å². The van der Waals surface area contributed by atoms with E-state index in [-0.39, 0.29) is 30.2 Å². The van der Waals surface area contributed by atoms with Gasteiger partial charge in [-0.2, -0.15) is 9.61 Å². The largest absolute Gasteiger partial charge is 0.473 e. The third-order valence-corrected chi connectivity index (χ3v) is 5.56. The summed E-state index contributed by atoms with van der Waals surface area (Å²) in [6, 6.07) is 9.37. The number of benzene rings is 2. The summed E-state index contributed by atoms with van der Waals surface area (Å²) in [6.45, 7) is 2.94. The molecule has 1 amide bonds. The average Bonchev–Trinajstić information content (AvgIpc) is 3.14. The molecule has 0 radical (unpaired) electrons. The standard InChI is InChI=1S/C25H22F4N4O2/c1-13-8-22-24(25(34)31-21(11-30)15-6-7-19(28)20(29)10-15)14(2)32-33(22)23(9-13)35-12-16-17(26)4-3-5-18(16)27/h3-10,21H,11-12,30H2,1-2H3,(H,31,34). The van der Waals surface area contributed by atoms with E-state index >= 15 is 0 Å². The van der Waals surface area contributed by atoms with Crippen molar-refractivity contribution in [2.24, 2.45) is 5.73 Å². The summed E-state index contributed by atoms with van der Waals surface area (Å²) in [5.41, 5.74) is 7.54. The zero-order valence-electron chi connectivity index (χ0n) is 18.9. The van der Waals surface area contributed by atoms with E-state index < -0.39 is 35.2 Å². The monoisotopic (exact) mass is 486 g/mol. The van der Waals surface area contributed by atoms with Crippen LogP contribution < -0.4 is 15.8 Å². The van der Waals surface area contributed by atoms with Crippen molar-refractivity contribution >= 4 is 11.4 Å². The Bertz CT molecular complexity index is 1400. The molecule has 1 unspecified atom stereocenters. The SMILES string of the molecule is Cc1cc(OCc2c(F)cccc2F)n2nc(C)c(C(=O)NC(CN)c3ccc(F)c(F)c3)c2c1. The minimum absolute atomic E-state index is 0.0589. The maximum atomic E-state index is 14.0. The van der Waals surface area contributed by atoms with Crippen LogP contribution in [-0.2, 0) is 6.61 Å². The molecule has 0 saturated heterocycles. The van der Waals surface area contributed by atoms with Crippen LogP contribution in [0.4, 0.5) is 17.6 Å². The van der Waals surface area contributed by atoms with Crippen LogP contribution in [-0.4, -0.2) is 22.1 Å². The molecule has 35 heavy (non-hydrogen) atoms. The number of halogens is 4. The Balaban J connectivity index is 1.65. The molecule has 0 aliphatic heterocycles. The van der Waals surface area contributed by atoms with E-state index in [1.54, 1.807) is 26.0 Å². The molecule has 0 aliphatic carbocycles. The quantitative estimate of drug-likeness (QED) is 0.377. The lowest BCUT2D eigenvalue weighted by Crippen LogP contribution is -2.33. The molecule has 1 atom stereocenters. The van der Waals surface area contributed by atoms with Crippen LogP contribution in [0.1, 0.15) is 38.8 Å². The summed E-state index contributed by atoms with van der Waals surface area (Å²) in [4.78, 5) is 13.2. The van der Waals surface area contributed by atoms with E-state index in [0.29, 0.717) is 22.3 Å². The molecule has 2 aromatic heterocycles. The van der Waals surface area contributed by atoms with Gasteiger partial charge < -0.3 is 15.8 Å². The van der Waals surface area contributed by atoms with Gasteiger partial charge in [-0.3, -0.25) is 4.79 Å². The molecule has 2 aromatic carbocycles. The number of nitrogens with zero attached hydrogens (tertiary/aromatic N) is 2. The number of amides is 1. The zero-order chi connectivity index (χ0) is 25.3. The van der Waals surface area contributed by atoms with E-state index in [1.807, 2.05) is 0 Å². The molecule has 3 N–H and O–H groups in total. The molecular formula is C25H22F4N4O2. The first kappa shape index (κ1) is 24.2. The van der Waals surface area contributed by atoms with Crippen molar-refractivity contribution < 1.29 is 27.1 Å². The molecule has 0 bridgehead atoms. The fourth-order valence-corrected chi connectivity index (χ4v) is 3.80. The van der Waals surface area contributed by atoms with Crippen molar-refractivity contribution in [1.29, 1.82) is 0 Å². The second-order valence-corrected chi connectivity index (χ2v) is 8.05. The average molecular weight is 486 g/mol. The molecular weight excluding hydrogens is 464 g/mol. The number of ether oxygens (including phenoxy) is 1. The highest BCUT2D eigenvalue weighted by molar-refractivity contribution is 6.02. The normalized spacial score (nSPS) is 12.1. The maximum Gasteiger partial charge on any atom is 0.255 e. The van der Waals surface area contributed by atoms with Crippen LogP contribution >= 0.6 is 0 Å². The van der Waals surface area contributed by atoms with E-state index in [0.717, 1.165) is 24.3 Å². The smallest absolute Gasteiger partial charge is 0.255 e. The molecule has 182 valence electrons. The second-order valence-electron chi connectivity index (χ2n) is 8.05. The summed E-state index contributed by atoms with van der Waals surface area (Å²) in [5.74, 6) is -3.89. The third kappa shape index (κ3) is 4.83. The zero-order valence-corrected chi connectivity index (χ0v) is 18.9. The number of carbonyl (C=O) groups excluding carboxylic acids is 1. The molecule has 4 aromatic rings. The summed E-state index contributed by atoms with van der Waals surface area (Å²) in [7, 11) is 0. The van der Waals surface area contributed by atoms with Gasteiger partial charge in [0, 0.05) is 12.6 Å². The van der Waals surface area contributed by atoms with Gasteiger partial charge >= 0.3 is 0 Å². The lowest BCUT2D eigenvalue weighted by atomic mass is 10.1. The van der Waals surface area contributed by atoms with Crippen LogP contribution in [0.5, 0.6) is 5.88 Å². The molecule has 10 heteroatoms. The van der Waals surface area contributed by atoms with Gasteiger partial charge in [-0.05, 0) is 55.3 Å². The number of pyridine rings is 1. The lowest BCUT2D eigenvalue weighted by Gasteiger charge is -2.17. The molecule has 0 fully saturated rings. The number of hydrogen-bond donors (Lipinski definition) is 2. The first-order valence-corrected chi connectivity index (χ1v) is 10.7. The van der Waals surface area contributed by atoms with Crippen LogP contribution in [0.2, 0.25) is 0 Å². The van der Waals surface area contributed by atoms with Crippen molar-refractivity contribution in [3.05, 3.63) is 99.7 Å². The minimum atomic E-state index is -1.05. The fourth-order valence-electron chi connectivity index (χ4n) is 3.80. The predicted molar refractivity (Wildman–Crippen MR) is 121 cm³/mol. The molecule has 2 heterocycles. The van der Waals surface area contributed by atoms with Gasteiger partial charge in [0.05, 0.1) is 28.4 Å². The van der Waals surface area contributed by atoms with E-state index in [4.69, 9.17) is 10.5 Å². The number of carbonyl (C=O) groups is 1. The van der Waals surface area contributed by atoms with Gasteiger partial charge in [0.15, 0.2) is 11.6 Å². The number of nitrogens with two attached hydrogens (primary N) is 1. The number of nitrogens with one attached hydrogen (secondary N) is 1. The topological polar surface area (TPSA) is 81.7 Å². The van der Waals surface area contributed by atoms with Gasteiger partial charge in [0.1, 0.15) is 18.2 Å². The third-order valence-electron chi connectivity index (χ3n) is 5.56. The van der Waals surface area contributed by atoms with E-state index in [2.05, 4.69) is 10.4 Å². The second kappa shape index (κ2) is 9.75. The van der Waals surface area contributed by atoms with Gasteiger partial charge in [-0.15, -0.1) is 0 Å². The van der Waals surface area contributed by atoms with Gasteiger partial charge in [-0.1, -0.05) is 12.1 Å². The Morgan fingerprint density at radius 2 is 1.74 bits per heavy atom. The van der Waals surface area contributed by atoms with Crippen LogP contribution in [0.25, 0.3) is 5.52 Å². The van der Waals surface area contributed by atoms with Gasteiger partial charge in [-0.25, -0.2) is 17.6 Å².